The molecule has 1 aromatic heterocycles. The zero-order valence-corrected chi connectivity index (χ0v) is 17.8. The van der Waals surface area contributed by atoms with Gasteiger partial charge in [-0.1, -0.05) is 28.1 Å². The number of anilines is 2. The number of nitrogens with zero attached hydrogens (tertiary/aromatic N) is 3. The minimum absolute atomic E-state index is 0.0752. The van der Waals surface area contributed by atoms with Gasteiger partial charge in [0.2, 0.25) is 0 Å². The van der Waals surface area contributed by atoms with Crippen molar-refractivity contribution in [3.8, 4) is 0 Å². The highest BCUT2D eigenvalue weighted by molar-refractivity contribution is 9.10. The number of rotatable bonds is 5. The van der Waals surface area contributed by atoms with E-state index >= 15 is 0 Å². The van der Waals surface area contributed by atoms with E-state index in [4.69, 9.17) is 4.74 Å². The van der Waals surface area contributed by atoms with Crippen molar-refractivity contribution >= 4 is 39.3 Å². The predicted molar refractivity (Wildman–Crippen MR) is 116 cm³/mol. The molecule has 144 valence electrons. The van der Waals surface area contributed by atoms with E-state index in [-0.39, 0.29) is 5.41 Å². The lowest BCUT2D eigenvalue weighted by atomic mass is 9.74. The average Bonchev–Trinajstić information content (AvgIpc) is 2.74. The quantitative estimate of drug-likeness (QED) is 0.746. The molecule has 4 rings (SSSR count). The Morgan fingerprint density at radius 2 is 1.85 bits per heavy atom. The first kappa shape index (κ1) is 19.0. The highest BCUT2D eigenvalue weighted by Gasteiger charge is 2.34. The van der Waals surface area contributed by atoms with E-state index < -0.39 is 0 Å². The molecule has 2 aliphatic heterocycles. The molecule has 2 aromatic rings. The van der Waals surface area contributed by atoms with Crippen molar-refractivity contribution in [3.63, 3.8) is 0 Å². The Morgan fingerprint density at radius 3 is 2.59 bits per heavy atom. The highest BCUT2D eigenvalue weighted by atomic mass is 79.9. The average molecular weight is 449 g/mol. The molecular weight excluding hydrogens is 424 g/mol. The van der Waals surface area contributed by atoms with E-state index in [1.807, 2.05) is 11.8 Å². The van der Waals surface area contributed by atoms with Gasteiger partial charge in [-0.15, -0.1) is 0 Å². The zero-order valence-electron chi connectivity index (χ0n) is 15.4. The Morgan fingerprint density at radius 1 is 1.11 bits per heavy atom. The summed E-state index contributed by atoms with van der Waals surface area (Å²) in [5, 5.41) is 3.60. The molecule has 1 aromatic carbocycles. The third kappa shape index (κ3) is 4.58. The summed E-state index contributed by atoms with van der Waals surface area (Å²) in [6.45, 7) is 4.57. The number of hydrogen-bond donors (Lipinski definition) is 1. The van der Waals surface area contributed by atoms with Crippen LogP contribution in [0.4, 0.5) is 11.6 Å². The van der Waals surface area contributed by atoms with Crippen LogP contribution in [0.15, 0.2) is 41.1 Å². The van der Waals surface area contributed by atoms with E-state index in [1.165, 1.54) is 17.1 Å². The molecule has 7 heteroatoms. The molecule has 2 fully saturated rings. The minimum Gasteiger partial charge on any atom is -0.381 e. The Balaban J connectivity index is 1.50. The number of benzene rings is 1. The number of aromatic nitrogens is 2. The first-order valence-electron chi connectivity index (χ1n) is 9.48. The lowest BCUT2D eigenvalue weighted by Gasteiger charge is -2.38. The predicted octanol–water partition coefficient (Wildman–Crippen LogP) is 3.95. The Hall–Kier alpha value is -1.31. The third-order valence-electron chi connectivity index (χ3n) is 5.50. The summed E-state index contributed by atoms with van der Waals surface area (Å²) in [6.07, 6.45) is 3.71. The van der Waals surface area contributed by atoms with Crippen LogP contribution in [0.2, 0.25) is 0 Å². The van der Waals surface area contributed by atoms with Crippen LogP contribution in [0.3, 0.4) is 0 Å². The molecule has 27 heavy (non-hydrogen) atoms. The van der Waals surface area contributed by atoms with Crippen molar-refractivity contribution in [1.29, 1.82) is 0 Å². The van der Waals surface area contributed by atoms with Gasteiger partial charge in [0.15, 0.2) is 0 Å². The van der Waals surface area contributed by atoms with Gasteiger partial charge >= 0.3 is 0 Å². The first-order chi connectivity index (χ1) is 13.3. The van der Waals surface area contributed by atoms with Gasteiger partial charge in [-0.25, -0.2) is 9.97 Å². The van der Waals surface area contributed by atoms with Gasteiger partial charge < -0.3 is 15.0 Å². The fourth-order valence-electron chi connectivity index (χ4n) is 3.80. The van der Waals surface area contributed by atoms with Crippen LogP contribution < -0.4 is 10.2 Å². The molecule has 0 atom stereocenters. The van der Waals surface area contributed by atoms with E-state index in [9.17, 15) is 0 Å². The second kappa shape index (κ2) is 8.80. The summed E-state index contributed by atoms with van der Waals surface area (Å²) in [7, 11) is 0. The Bertz CT molecular complexity index is 746. The van der Waals surface area contributed by atoms with Crippen LogP contribution >= 0.6 is 27.7 Å². The molecule has 0 aliphatic carbocycles. The fourth-order valence-corrected chi connectivity index (χ4v) is 4.97. The first-order valence-corrected chi connectivity index (χ1v) is 11.4. The maximum absolute atomic E-state index is 5.65. The van der Waals surface area contributed by atoms with E-state index in [0.29, 0.717) is 0 Å². The third-order valence-corrected chi connectivity index (χ3v) is 6.97. The molecule has 0 radical (unpaired) electrons. The summed E-state index contributed by atoms with van der Waals surface area (Å²) in [5.41, 5.74) is 1.44. The summed E-state index contributed by atoms with van der Waals surface area (Å²) in [5.74, 6) is 4.26. The number of ether oxygens (including phenoxy) is 1. The lowest BCUT2D eigenvalue weighted by Crippen LogP contribution is -2.40. The monoisotopic (exact) mass is 448 g/mol. The molecule has 5 nitrogen and oxygen atoms in total. The molecule has 0 unspecified atom stereocenters. The second-order valence-corrected chi connectivity index (χ2v) is 9.25. The smallest absolute Gasteiger partial charge is 0.134 e. The van der Waals surface area contributed by atoms with Crippen LogP contribution in [0.5, 0.6) is 0 Å². The van der Waals surface area contributed by atoms with E-state index in [0.717, 1.165) is 61.8 Å². The molecule has 3 heterocycles. The summed E-state index contributed by atoms with van der Waals surface area (Å²) >= 11 is 5.55. The summed E-state index contributed by atoms with van der Waals surface area (Å²) < 4.78 is 6.76. The van der Waals surface area contributed by atoms with Gasteiger partial charge in [-0.05, 0) is 30.5 Å². The minimum atomic E-state index is 0.0752. The normalized spacial score (nSPS) is 19.7. The van der Waals surface area contributed by atoms with Gasteiger partial charge in [-0.2, -0.15) is 11.8 Å². The molecule has 2 saturated heterocycles. The number of hydrogen-bond acceptors (Lipinski definition) is 6. The molecule has 0 spiro atoms. The maximum atomic E-state index is 5.65. The van der Waals surface area contributed by atoms with Crippen molar-refractivity contribution in [3.05, 3.63) is 46.7 Å². The molecule has 1 N–H and O–H groups in total. The van der Waals surface area contributed by atoms with Crippen LogP contribution in [0, 0.1) is 0 Å². The topological polar surface area (TPSA) is 50.3 Å². The van der Waals surface area contributed by atoms with Gasteiger partial charge in [-0.3, -0.25) is 0 Å². The molecular formula is C20H25BrN4OS. The maximum Gasteiger partial charge on any atom is 0.134 e. The van der Waals surface area contributed by atoms with Crippen LogP contribution in [-0.2, 0) is 10.2 Å². The van der Waals surface area contributed by atoms with Crippen LogP contribution in [0.1, 0.15) is 18.4 Å². The van der Waals surface area contributed by atoms with Crippen LogP contribution in [0.25, 0.3) is 0 Å². The van der Waals surface area contributed by atoms with Crippen molar-refractivity contribution in [2.45, 2.75) is 18.3 Å². The van der Waals surface area contributed by atoms with Crippen molar-refractivity contribution in [2.75, 3.05) is 54.6 Å². The van der Waals surface area contributed by atoms with Crippen molar-refractivity contribution in [1.82, 2.24) is 9.97 Å². The van der Waals surface area contributed by atoms with Gasteiger partial charge in [0.25, 0.3) is 0 Å². The zero-order chi connectivity index (χ0) is 18.5. The lowest BCUT2D eigenvalue weighted by molar-refractivity contribution is 0.0543. The van der Waals surface area contributed by atoms with Gasteiger partial charge in [0, 0.05) is 60.3 Å². The number of thioether (sulfide) groups is 1. The summed E-state index contributed by atoms with van der Waals surface area (Å²) in [6, 6.07) is 10.8. The summed E-state index contributed by atoms with van der Waals surface area (Å²) in [4.78, 5) is 11.3. The van der Waals surface area contributed by atoms with Gasteiger partial charge in [0.1, 0.15) is 18.0 Å². The molecule has 2 aliphatic rings. The molecule has 0 saturated carbocycles. The Labute approximate surface area is 173 Å². The number of nitrogens with one attached hydrogen (secondary N) is 1. The Kier molecular flexibility index (Phi) is 6.20. The van der Waals surface area contributed by atoms with Crippen molar-refractivity contribution in [2.24, 2.45) is 0 Å². The SMILES string of the molecule is Brc1ccc(C2(CNc3cc(N4CCSCC4)ncn3)CCOCC2)cc1. The van der Waals surface area contributed by atoms with Crippen LogP contribution in [-0.4, -0.2) is 54.3 Å². The van der Waals surface area contributed by atoms with Crippen molar-refractivity contribution < 1.29 is 4.74 Å². The van der Waals surface area contributed by atoms with E-state index in [1.54, 1.807) is 6.33 Å². The highest BCUT2D eigenvalue weighted by Crippen LogP contribution is 2.35. The standard InChI is InChI=1S/C20H25BrN4OS/c21-17-3-1-16(2-4-17)20(5-9-26-10-6-20)14-22-18-13-19(24-15-23-18)25-7-11-27-12-8-25/h1-4,13,15H,5-12,14H2,(H,22,23,24). The molecule has 0 amide bonds. The number of halogens is 1. The molecule has 0 bridgehead atoms. The van der Waals surface area contributed by atoms with E-state index in [2.05, 4.69) is 66.4 Å². The second-order valence-electron chi connectivity index (χ2n) is 7.11. The fraction of sp³-hybridized carbons (Fsp3) is 0.500. The van der Waals surface area contributed by atoms with Gasteiger partial charge in [0.05, 0.1) is 0 Å². The largest absolute Gasteiger partial charge is 0.381 e.